The molecule has 0 spiro atoms. The first-order valence-corrected chi connectivity index (χ1v) is 10.8. The first kappa shape index (κ1) is 21.9. The van der Waals surface area contributed by atoms with E-state index in [1.807, 2.05) is 13.1 Å². The number of aryl methyl sites for hydroxylation is 2. The number of hydrogen-bond donors (Lipinski definition) is 2. The number of nitrogens with one attached hydrogen (secondary N) is 1. The Morgan fingerprint density at radius 2 is 2.03 bits per heavy atom. The molecule has 0 bridgehead atoms. The van der Waals surface area contributed by atoms with Crippen LogP contribution < -0.4 is 11.1 Å². The third-order valence-electron chi connectivity index (χ3n) is 4.70. The second-order valence-electron chi connectivity index (χ2n) is 6.70. The molecule has 1 atom stereocenters. The monoisotopic (exact) mass is 486 g/mol. The second-order valence-corrected chi connectivity index (χ2v) is 8.69. The van der Waals surface area contributed by atoms with Crippen molar-refractivity contribution in [1.29, 1.82) is 0 Å². The molecule has 3 aromatic rings. The number of hydrogen-bond acceptors (Lipinski definition) is 4. The van der Waals surface area contributed by atoms with Gasteiger partial charge in [-0.05, 0) is 46.5 Å². The van der Waals surface area contributed by atoms with Gasteiger partial charge in [-0.15, -0.1) is 11.3 Å². The van der Waals surface area contributed by atoms with E-state index in [0.29, 0.717) is 0 Å². The van der Waals surface area contributed by atoms with Crippen molar-refractivity contribution >= 4 is 32.3 Å². The molecular weight excluding hydrogens is 465 g/mol. The lowest BCUT2D eigenvalue weighted by molar-refractivity contribution is -0.138. The molecule has 0 aliphatic carbocycles. The number of anilines is 1. The minimum Gasteiger partial charge on any atom is -0.373 e. The van der Waals surface area contributed by atoms with Crippen molar-refractivity contribution in [1.82, 2.24) is 9.78 Å². The minimum atomic E-state index is -4.38. The fraction of sp³-hybridized carbons (Fsp3) is 0.350. The summed E-state index contributed by atoms with van der Waals surface area (Å²) < 4.78 is 42.6. The summed E-state index contributed by atoms with van der Waals surface area (Å²) in [6, 6.07) is 7.35. The Labute approximate surface area is 180 Å². The SMILES string of the molecule is CCc1sc(N[C@H](CN)Cc2ccccc2C(F)(F)F)cc1-c1c(Br)cnn1C. The molecular formula is C20H22BrF3N4S. The summed E-state index contributed by atoms with van der Waals surface area (Å²) >= 11 is 5.12. The van der Waals surface area contributed by atoms with Crippen LogP contribution in [0.15, 0.2) is 41.0 Å². The van der Waals surface area contributed by atoms with Gasteiger partial charge in [0.1, 0.15) is 0 Å². The highest BCUT2D eigenvalue weighted by Crippen LogP contribution is 2.39. The molecule has 2 aromatic heterocycles. The highest BCUT2D eigenvalue weighted by molar-refractivity contribution is 9.10. The zero-order chi connectivity index (χ0) is 21.2. The molecule has 0 radical (unpaired) electrons. The number of halogens is 4. The molecule has 4 nitrogen and oxygen atoms in total. The van der Waals surface area contributed by atoms with Gasteiger partial charge in [0.2, 0.25) is 0 Å². The highest BCUT2D eigenvalue weighted by Gasteiger charge is 2.33. The molecule has 0 aliphatic rings. The number of alkyl halides is 3. The fourth-order valence-electron chi connectivity index (χ4n) is 3.31. The summed E-state index contributed by atoms with van der Waals surface area (Å²) in [6.45, 7) is 2.29. The predicted octanol–water partition coefficient (Wildman–Crippen LogP) is 5.47. The lowest BCUT2D eigenvalue weighted by Crippen LogP contribution is -2.31. The van der Waals surface area contributed by atoms with E-state index in [9.17, 15) is 13.2 Å². The van der Waals surface area contributed by atoms with Gasteiger partial charge in [-0.25, -0.2) is 0 Å². The van der Waals surface area contributed by atoms with Crippen LogP contribution in [0.5, 0.6) is 0 Å². The van der Waals surface area contributed by atoms with E-state index in [-0.39, 0.29) is 24.6 Å². The van der Waals surface area contributed by atoms with E-state index in [2.05, 4.69) is 33.3 Å². The second kappa shape index (κ2) is 8.89. The molecule has 29 heavy (non-hydrogen) atoms. The van der Waals surface area contributed by atoms with Crippen LogP contribution in [-0.4, -0.2) is 22.4 Å². The smallest absolute Gasteiger partial charge is 0.373 e. The van der Waals surface area contributed by atoms with Crippen LogP contribution in [-0.2, 0) is 26.1 Å². The van der Waals surface area contributed by atoms with Gasteiger partial charge in [0.05, 0.1) is 26.9 Å². The van der Waals surface area contributed by atoms with Gasteiger partial charge in [0, 0.05) is 30.1 Å². The van der Waals surface area contributed by atoms with Crippen molar-refractivity contribution in [3.63, 3.8) is 0 Å². The van der Waals surface area contributed by atoms with Crippen LogP contribution in [0.4, 0.5) is 18.2 Å². The molecule has 9 heteroatoms. The molecule has 156 valence electrons. The van der Waals surface area contributed by atoms with E-state index >= 15 is 0 Å². The van der Waals surface area contributed by atoms with Crippen LogP contribution >= 0.6 is 27.3 Å². The van der Waals surface area contributed by atoms with Gasteiger partial charge in [0.25, 0.3) is 0 Å². The molecule has 3 N–H and O–H groups in total. The molecule has 0 aliphatic heterocycles. The third kappa shape index (κ3) is 4.84. The van der Waals surface area contributed by atoms with Crippen molar-refractivity contribution in [2.45, 2.75) is 32.0 Å². The Morgan fingerprint density at radius 3 is 2.62 bits per heavy atom. The van der Waals surface area contributed by atoms with Gasteiger partial charge >= 0.3 is 6.18 Å². The molecule has 2 heterocycles. The van der Waals surface area contributed by atoms with Crippen molar-refractivity contribution < 1.29 is 13.2 Å². The molecule has 0 saturated carbocycles. The van der Waals surface area contributed by atoms with Crippen LogP contribution in [0.1, 0.15) is 22.9 Å². The average molecular weight is 487 g/mol. The third-order valence-corrected chi connectivity index (χ3v) is 6.49. The van der Waals surface area contributed by atoms with Gasteiger partial charge < -0.3 is 11.1 Å². The van der Waals surface area contributed by atoms with Gasteiger partial charge in [0.15, 0.2) is 0 Å². The van der Waals surface area contributed by atoms with Gasteiger partial charge in [-0.1, -0.05) is 25.1 Å². The normalized spacial score (nSPS) is 12.9. The first-order valence-electron chi connectivity index (χ1n) is 9.16. The van der Waals surface area contributed by atoms with E-state index in [0.717, 1.165) is 33.2 Å². The minimum absolute atomic E-state index is 0.191. The fourth-order valence-corrected chi connectivity index (χ4v) is 4.95. The summed E-state index contributed by atoms with van der Waals surface area (Å²) in [6.07, 6.45) is -1.61. The molecule has 0 amide bonds. The first-order chi connectivity index (χ1) is 13.7. The summed E-state index contributed by atoms with van der Waals surface area (Å²) in [7, 11) is 1.88. The quantitative estimate of drug-likeness (QED) is 0.465. The Kier molecular flexibility index (Phi) is 6.70. The molecule has 1 aromatic carbocycles. The molecule has 0 saturated heterocycles. The lowest BCUT2D eigenvalue weighted by atomic mass is 10.00. The number of aromatic nitrogens is 2. The lowest BCUT2D eigenvalue weighted by Gasteiger charge is -2.20. The largest absolute Gasteiger partial charge is 0.416 e. The Balaban J connectivity index is 1.86. The van der Waals surface area contributed by atoms with E-state index < -0.39 is 11.7 Å². The zero-order valence-corrected chi connectivity index (χ0v) is 18.5. The van der Waals surface area contributed by atoms with Crippen LogP contribution in [0.2, 0.25) is 0 Å². The number of rotatable bonds is 7. The highest BCUT2D eigenvalue weighted by atomic mass is 79.9. The number of thiophene rings is 1. The van der Waals surface area contributed by atoms with Crippen LogP contribution in [0.25, 0.3) is 11.3 Å². The zero-order valence-electron chi connectivity index (χ0n) is 16.1. The Hall–Kier alpha value is -1.84. The van der Waals surface area contributed by atoms with Crippen molar-refractivity contribution in [2.75, 3.05) is 11.9 Å². The summed E-state index contributed by atoms with van der Waals surface area (Å²) in [5.41, 5.74) is 7.54. The maximum atomic E-state index is 13.3. The number of benzene rings is 1. The van der Waals surface area contributed by atoms with Crippen molar-refractivity contribution in [3.8, 4) is 11.3 Å². The maximum absolute atomic E-state index is 13.3. The molecule has 0 unspecified atom stereocenters. The summed E-state index contributed by atoms with van der Waals surface area (Å²) in [4.78, 5) is 1.17. The number of nitrogens with zero attached hydrogens (tertiary/aromatic N) is 2. The summed E-state index contributed by atoms with van der Waals surface area (Å²) in [5.74, 6) is 0. The van der Waals surface area contributed by atoms with Gasteiger partial charge in [-0.3, -0.25) is 4.68 Å². The number of nitrogens with two attached hydrogens (primary N) is 1. The van der Waals surface area contributed by atoms with Crippen LogP contribution in [0, 0.1) is 0 Å². The van der Waals surface area contributed by atoms with Gasteiger partial charge in [-0.2, -0.15) is 18.3 Å². The Bertz CT molecular complexity index is 961. The Morgan fingerprint density at radius 1 is 1.31 bits per heavy atom. The topological polar surface area (TPSA) is 55.9 Å². The molecule has 0 fully saturated rings. The molecule has 3 rings (SSSR count). The average Bonchev–Trinajstić information content (AvgIpc) is 3.22. The van der Waals surface area contributed by atoms with Crippen LogP contribution in [0.3, 0.4) is 0 Å². The standard InChI is InChI=1S/C20H22BrF3N4S/c1-3-17-14(19-16(21)11-26-28(19)2)9-18(29-17)27-13(10-25)8-12-6-4-5-7-15(12)20(22,23)24/h4-7,9,11,13,27H,3,8,10,25H2,1-2H3/t13-/m0/s1. The predicted molar refractivity (Wildman–Crippen MR) is 115 cm³/mol. The van der Waals surface area contributed by atoms with E-state index in [1.54, 1.807) is 28.3 Å². The summed E-state index contributed by atoms with van der Waals surface area (Å²) in [5, 5.41) is 8.48. The van der Waals surface area contributed by atoms with Crippen molar-refractivity contribution in [2.24, 2.45) is 12.8 Å². The van der Waals surface area contributed by atoms with E-state index in [1.165, 1.54) is 17.0 Å². The van der Waals surface area contributed by atoms with E-state index in [4.69, 9.17) is 5.73 Å². The maximum Gasteiger partial charge on any atom is 0.416 e. The van der Waals surface area contributed by atoms with Crippen molar-refractivity contribution in [3.05, 3.63) is 57.0 Å².